The van der Waals surface area contributed by atoms with E-state index in [2.05, 4.69) is 37.1 Å². The molecule has 0 aliphatic rings. The SMILES string of the molecule is CCCNCc1c(C)cc(C)nc1OCCC. The lowest BCUT2D eigenvalue weighted by atomic mass is 10.1. The number of nitrogens with one attached hydrogen (secondary N) is 1. The molecule has 0 bridgehead atoms. The molecule has 1 aromatic heterocycles. The summed E-state index contributed by atoms with van der Waals surface area (Å²) in [5.41, 5.74) is 3.47. The molecule has 0 radical (unpaired) electrons. The van der Waals surface area contributed by atoms with E-state index in [0.29, 0.717) is 0 Å². The predicted octanol–water partition coefficient (Wildman–Crippen LogP) is 2.99. The molecule has 0 aliphatic carbocycles. The minimum absolute atomic E-state index is 0.733. The van der Waals surface area contributed by atoms with Crippen LogP contribution in [0.3, 0.4) is 0 Å². The first kappa shape index (κ1) is 14.0. The molecule has 0 saturated carbocycles. The minimum atomic E-state index is 0.733. The van der Waals surface area contributed by atoms with Crippen molar-refractivity contribution in [3.8, 4) is 5.88 Å². The Kier molecular flexibility index (Phi) is 5.98. The zero-order chi connectivity index (χ0) is 12.7. The molecule has 0 unspecified atom stereocenters. The third-order valence-corrected chi connectivity index (χ3v) is 2.61. The number of aromatic nitrogens is 1. The summed E-state index contributed by atoms with van der Waals surface area (Å²) >= 11 is 0. The maximum Gasteiger partial charge on any atom is 0.218 e. The van der Waals surface area contributed by atoms with Gasteiger partial charge in [-0.2, -0.15) is 0 Å². The van der Waals surface area contributed by atoms with Crippen LogP contribution in [0.2, 0.25) is 0 Å². The van der Waals surface area contributed by atoms with Crippen molar-refractivity contribution in [3.63, 3.8) is 0 Å². The summed E-state index contributed by atoms with van der Waals surface area (Å²) in [6.45, 7) is 11.0. The summed E-state index contributed by atoms with van der Waals surface area (Å²) in [5, 5.41) is 3.41. The monoisotopic (exact) mass is 236 g/mol. The number of aryl methyl sites for hydroxylation is 2. The summed E-state index contributed by atoms with van der Waals surface area (Å²) in [4.78, 5) is 4.49. The number of pyridine rings is 1. The van der Waals surface area contributed by atoms with Crippen LogP contribution in [0.15, 0.2) is 6.07 Å². The van der Waals surface area contributed by atoms with E-state index in [9.17, 15) is 0 Å². The molecule has 96 valence electrons. The van der Waals surface area contributed by atoms with Gasteiger partial charge in [-0.05, 0) is 44.9 Å². The van der Waals surface area contributed by atoms with Crippen LogP contribution in [0.1, 0.15) is 43.5 Å². The van der Waals surface area contributed by atoms with Gasteiger partial charge >= 0.3 is 0 Å². The minimum Gasteiger partial charge on any atom is -0.477 e. The van der Waals surface area contributed by atoms with Crippen molar-refractivity contribution in [2.45, 2.75) is 47.1 Å². The number of ether oxygens (including phenoxy) is 1. The van der Waals surface area contributed by atoms with Gasteiger partial charge in [0.15, 0.2) is 0 Å². The zero-order valence-electron chi connectivity index (χ0n) is 11.5. The van der Waals surface area contributed by atoms with Crippen LogP contribution in [0.25, 0.3) is 0 Å². The quantitative estimate of drug-likeness (QED) is 0.739. The molecular formula is C14H24N2O. The highest BCUT2D eigenvalue weighted by atomic mass is 16.5. The summed E-state index contributed by atoms with van der Waals surface area (Å²) in [5.74, 6) is 0.799. The predicted molar refractivity (Wildman–Crippen MR) is 71.5 cm³/mol. The van der Waals surface area contributed by atoms with E-state index in [1.165, 1.54) is 11.1 Å². The molecule has 17 heavy (non-hydrogen) atoms. The summed E-state index contributed by atoms with van der Waals surface area (Å²) < 4.78 is 5.73. The summed E-state index contributed by atoms with van der Waals surface area (Å²) in [7, 11) is 0. The van der Waals surface area contributed by atoms with Gasteiger partial charge in [0.05, 0.1) is 6.61 Å². The maximum atomic E-state index is 5.73. The Morgan fingerprint density at radius 1 is 1.24 bits per heavy atom. The zero-order valence-corrected chi connectivity index (χ0v) is 11.5. The van der Waals surface area contributed by atoms with Gasteiger partial charge in [-0.15, -0.1) is 0 Å². The first-order valence-corrected chi connectivity index (χ1v) is 6.49. The van der Waals surface area contributed by atoms with Crippen molar-refractivity contribution < 1.29 is 4.74 Å². The Labute approximate surface area is 105 Å². The van der Waals surface area contributed by atoms with Crippen LogP contribution in [-0.2, 0) is 6.54 Å². The standard InChI is InChI=1S/C14H24N2O/c1-5-7-15-10-13-11(3)9-12(4)16-14(13)17-8-6-2/h9,15H,5-8,10H2,1-4H3. The smallest absolute Gasteiger partial charge is 0.218 e. The first-order valence-electron chi connectivity index (χ1n) is 6.49. The van der Waals surface area contributed by atoms with Gasteiger partial charge in [-0.25, -0.2) is 4.98 Å². The fourth-order valence-electron chi connectivity index (χ4n) is 1.75. The van der Waals surface area contributed by atoms with Crippen LogP contribution >= 0.6 is 0 Å². The van der Waals surface area contributed by atoms with Gasteiger partial charge < -0.3 is 10.1 Å². The molecule has 0 fully saturated rings. The lowest BCUT2D eigenvalue weighted by molar-refractivity contribution is 0.300. The molecule has 1 N–H and O–H groups in total. The molecule has 0 spiro atoms. The van der Waals surface area contributed by atoms with Crippen LogP contribution < -0.4 is 10.1 Å². The molecule has 0 aromatic carbocycles. The molecule has 0 saturated heterocycles. The average Bonchev–Trinajstić information content (AvgIpc) is 2.29. The fourth-order valence-corrected chi connectivity index (χ4v) is 1.75. The van der Waals surface area contributed by atoms with E-state index in [1.807, 2.05) is 6.92 Å². The van der Waals surface area contributed by atoms with E-state index in [0.717, 1.165) is 44.1 Å². The second-order valence-electron chi connectivity index (χ2n) is 4.39. The Balaban J connectivity index is 2.82. The lowest BCUT2D eigenvalue weighted by Crippen LogP contribution is -2.16. The Hall–Kier alpha value is -1.09. The van der Waals surface area contributed by atoms with E-state index in [1.54, 1.807) is 0 Å². The number of hydrogen-bond acceptors (Lipinski definition) is 3. The largest absolute Gasteiger partial charge is 0.477 e. The van der Waals surface area contributed by atoms with Gasteiger partial charge in [-0.3, -0.25) is 0 Å². The van der Waals surface area contributed by atoms with Crippen LogP contribution in [0, 0.1) is 13.8 Å². The van der Waals surface area contributed by atoms with Gasteiger partial charge in [0.25, 0.3) is 0 Å². The Bertz CT molecular complexity index is 350. The van der Waals surface area contributed by atoms with Crippen molar-refractivity contribution in [2.75, 3.05) is 13.2 Å². The third kappa shape index (κ3) is 4.35. The van der Waals surface area contributed by atoms with Gasteiger partial charge in [0, 0.05) is 17.8 Å². The average molecular weight is 236 g/mol. The number of nitrogens with zero attached hydrogens (tertiary/aromatic N) is 1. The Morgan fingerprint density at radius 2 is 2.00 bits per heavy atom. The van der Waals surface area contributed by atoms with Crippen LogP contribution in [0.4, 0.5) is 0 Å². The molecule has 3 nitrogen and oxygen atoms in total. The van der Waals surface area contributed by atoms with Crippen molar-refractivity contribution in [2.24, 2.45) is 0 Å². The molecule has 0 atom stereocenters. The highest BCUT2D eigenvalue weighted by Gasteiger charge is 2.09. The van der Waals surface area contributed by atoms with E-state index in [-0.39, 0.29) is 0 Å². The van der Waals surface area contributed by atoms with Crippen molar-refractivity contribution in [1.82, 2.24) is 10.3 Å². The van der Waals surface area contributed by atoms with Gasteiger partial charge in [-0.1, -0.05) is 13.8 Å². The van der Waals surface area contributed by atoms with Crippen molar-refractivity contribution >= 4 is 0 Å². The molecule has 0 aliphatic heterocycles. The molecule has 1 rings (SSSR count). The van der Waals surface area contributed by atoms with Crippen LogP contribution in [0.5, 0.6) is 5.88 Å². The summed E-state index contributed by atoms with van der Waals surface area (Å²) in [6, 6.07) is 2.11. The lowest BCUT2D eigenvalue weighted by Gasteiger charge is -2.14. The maximum absolute atomic E-state index is 5.73. The van der Waals surface area contributed by atoms with Crippen molar-refractivity contribution in [1.29, 1.82) is 0 Å². The van der Waals surface area contributed by atoms with Crippen molar-refractivity contribution in [3.05, 3.63) is 22.9 Å². The Morgan fingerprint density at radius 3 is 2.65 bits per heavy atom. The van der Waals surface area contributed by atoms with E-state index < -0.39 is 0 Å². The number of hydrogen-bond donors (Lipinski definition) is 1. The van der Waals surface area contributed by atoms with Gasteiger partial charge in [0.2, 0.25) is 5.88 Å². The third-order valence-electron chi connectivity index (χ3n) is 2.61. The molecular weight excluding hydrogens is 212 g/mol. The molecule has 1 heterocycles. The van der Waals surface area contributed by atoms with Gasteiger partial charge in [0.1, 0.15) is 0 Å². The van der Waals surface area contributed by atoms with E-state index >= 15 is 0 Å². The molecule has 1 aromatic rings. The van der Waals surface area contributed by atoms with Crippen LogP contribution in [-0.4, -0.2) is 18.1 Å². The first-order chi connectivity index (χ1) is 8.19. The number of rotatable bonds is 7. The van der Waals surface area contributed by atoms with E-state index in [4.69, 9.17) is 4.74 Å². The molecule has 0 amide bonds. The fraction of sp³-hybridized carbons (Fsp3) is 0.643. The molecule has 3 heteroatoms. The second kappa shape index (κ2) is 7.28. The normalized spacial score (nSPS) is 10.6. The summed E-state index contributed by atoms with van der Waals surface area (Å²) in [6.07, 6.45) is 2.15. The highest BCUT2D eigenvalue weighted by molar-refractivity contribution is 5.35. The second-order valence-corrected chi connectivity index (χ2v) is 4.39. The highest BCUT2D eigenvalue weighted by Crippen LogP contribution is 2.21. The topological polar surface area (TPSA) is 34.2 Å².